The summed E-state index contributed by atoms with van der Waals surface area (Å²) in [5.41, 5.74) is 6.89. The molecule has 27 heavy (non-hydrogen) atoms. The van der Waals surface area contributed by atoms with Gasteiger partial charge in [-0.15, -0.1) is 24.0 Å². The summed E-state index contributed by atoms with van der Waals surface area (Å²) in [5.74, 6) is 3.20. The molecule has 0 atom stereocenters. The molecular weight excluding hydrogens is 455 g/mol. The van der Waals surface area contributed by atoms with Crippen molar-refractivity contribution in [3.8, 4) is 11.5 Å². The van der Waals surface area contributed by atoms with Crippen molar-refractivity contribution in [1.82, 2.24) is 4.90 Å². The van der Waals surface area contributed by atoms with Gasteiger partial charge in [0, 0.05) is 18.3 Å². The van der Waals surface area contributed by atoms with Crippen LogP contribution in [-0.4, -0.2) is 51.3 Å². The number of anilines is 1. The van der Waals surface area contributed by atoms with Crippen molar-refractivity contribution in [3.63, 3.8) is 0 Å². The molecule has 0 radical (unpaired) electrons. The molecule has 0 aromatic heterocycles. The Hall–Kier alpha value is -1.22. The zero-order valence-electron chi connectivity index (χ0n) is 17.0. The first kappa shape index (κ1) is 23.8. The Kier molecular flexibility index (Phi) is 10.8. The van der Waals surface area contributed by atoms with E-state index in [4.69, 9.17) is 15.2 Å². The summed E-state index contributed by atoms with van der Waals surface area (Å²) in [4.78, 5) is 7.11. The van der Waals surface area contributed by atoms with Crippen LogP contribution in [0.15, 0.2) is 23.2 Å². The second-order valence-electron chi connectivity index (χ2n) is 7.39. The lowest BCUT2D eigenvalue weighted by molar-refractivity contribution is 0.180. The molecule has 0 spiro atoms. The number of ether oxygens (including phenoxy) is 2. The van der Waals surface area contributed by atoms with E-state index in [1.807, 2.05) is 18.2 Å². The minimum absolute atomic E-state index is 0. The molecule has 1 aliphatic heterocycles. The number of rotatable bonds is 8. The topological polar surface area (TPSA) is 72.1 Å². The number of benzene rings is 1. The first-order valence-electron chi connectivity index (χ1n) is 9.53. The van der Waals surface area contributed by atoms with Crippen molar-refractivity contribution in [1.29, 1.82) is 0 Å². The Labute approximate surface area is 180 Å². The van der Waals surface area contributed by atoms with Gasteiger partial charge < -0.3 is 25.4 Å². The SMILES string of the molecule is COc1ccc(NC(N)=NCC2CCN(CCC(C)C)CC2)cc1OC.I. The highest BCUT2D eigenvalue weighted by Crippen LogP contribution is 2.29. The second kappa shape index (κ2) is 12.3. The number of methoxy groups -OCH3 is 2. The highest BCUT2D eigenvalue weighted by molar-refractivity contribution is 14.0. The molecule has 3 N–H and O–H groups in total. The number of hydrogen-bond acceptors (Lipinski definition) is 4. The van der Waals surface area contributed by atoms with Crippen LogP contribution in [0.4, 0.5) is 5.69 Å². The van der Waals surface area contributed by atoms with E-state index in [2.05, 4.69) is 29.1 Å². The van der Waals surface area contributed by atoms with Gasteiger partial charge in [0.25, 0.3) is 0 Å². The van der Waals surface area contributed by atoms with E-state index in [0.717, 1.165) is 18.2 Å². The van der Waals surface area contributed by atoms with E-state index >= 15 is 0 Å². The minimum Gasteiger partial charge on any atom is -0.493 e. The van der Waals surface area contributed by atoms with Gasteiger partial charge in [0.05, 0.1) is 14.2 Å². The number of halogens is 1. The Morgan fingerprint density at radius 2 is 1.89 bits per heavy atom. The Morgan fingerprint density at radius 3 is 2.48 bits per heavy atom. The van der Waals surface area contributed by atoms with Gasteiger partial charge in [0.15, 0.2) is 17.5 Å². The van der Waals surface area contributed by atoms with Crippen LogP contribution >= 0.6 is 24.0 Å². The number of nitrogens with one attached hydrogen (secondary N) is 1. The molecule has 1 aromatic carbocycles. The second-order valence-corrected chi connectivity index (χ2v) is 7.39. The Morgan fingerprint density at radius 1 is 1.22 bits per heavy atom. The predicted molar refractivity (Wildman–Crippen MR) is 124 cm³/mol. The van der Waals surface area contributed by atoms with Gasteiger partial charge in [-0.05, 0) is 62.9 Å². The van der Waals surface area contributed by atoms with Crippen molar-refractivity contribution >= 4 is 35.6 Å². The average Bonchev–Trinajstić information content (AvgIpc) is 2.65. The number of nitrogens with two attached hydrogens (primary N) is 1. The molecule has 1 fully saturated rings. The first-order chi connectivity index (χ1) is 12.5. The van der Waals surface area contributed by atoms with E-state index in [0.29, 0.717) is 23.4 Å². The third kappa shape index (κ3) is 8.13. The summed E-state index contributed by atoms with van der Waals surface area (Å²) in [5, 5.41) is 3.13. The van der Waals surface area contributed by atoms with E-state index in [-0.39, 0.29) is 24.0 Å². The molecule has 1 aromatic rings. The summed E-state index contributed by atoms with van der Waals surface area (Å²) >= 11 is 0. The predicted octanol–water partition coefficient (Wildman–Crippen LogP) is 3.81. The van der Waals surface area contributed by atoms with Gasteiger partial charge >= 0.3 is 0 Å². The number of hydrogen-bond donors (Lipinski definition) is 2. The molecule has 2 rings (SSSR count). The first-order valence-corrected chi connectivity index (χ1v) is 9.53. The largest absolute Gasteiger partial charge is 0.493 e. The fourth-order valence-corrected chi connectivity index (χ4v) is 3.16. The van der Waals surface area contributed by atoms with Crippen molar-refractivity contribution in [2.24, 2.45) is 22.6 Å². The highest BCUT2D eigenvalue weighted by atomic mass is 127. The zero-order chi connectivity index (χ0) is 18.9. The van der Waals surface area contributed by atoms with Crippen molar-refractivity contribution < 1.29 is 9.47 Å². The lowest BCUT2D eigenvalue weighted by atomic mass is 9.96. The Bertz CT molecular complexity index is 587. The van der Waals surface area contributed by atoms with Crippen molar-refractivity contribution in [3.05, 3.63) is 18.2 Å². The summed E-state index contributed by atoms with van der Waals surface area (Å²) in [6.07, 6.45) is 3.68. The maximum absolute atomic E-state index is 6.05. The third-order valence-corrected chi connectivity index (χ3v) is 4.91. The Balaban J connectivity index is 0.00000364. The lowest BCUT2D eigenvalue weighted by Gasteiger charge is -2.31. The van der Waals surface area contributed by atoms with Crippen LogP contribution in [0.5, 0.6) is 11.5 Å². The van der Waals surface area contributed by atoms with Crippen LogP contribution in [-0.2, 0) is 0 Å². The smallest absolute Gasteiger partial charge is 0.193 e. The molecule has 1 saturated heterocycles. The molecule has 0 saturated carbocycles. The van der Waals surface area contributed by atoms with Gasteiger partial charge in [0.2, 0.25) is 0 Å². The maximum atomic E-state index is 6.05. The molecule has 1 heterocycles. The molecule has 7 heteroatoms. The quantitative estimate of drug-likeness (QED) is 0.330. The van der Waals surface area contributed by atoms with Gasteiger partial charge in [-0.25, -0.2) is 0 Å². The van der Waals surface area contributed by atoms with Crippen LogP contribution in [0.25, 0.3) is 0 Å². The van der Waals surface area contributed by atoms with Gasteiger partial charge in [-0.1, -0.05) is 13.8 Å². The molecule has 6 nitrogen and oxygen atoms in total. The van der Waals surface area contributed by atoms with E-state index in [1.54, 1.807) is 14.2 Å². The molecule has 0 amide bonds. The summed E-state index contributed by atoms with van der Waals surface area (Å²) in [6, 6.07) is 5.60. The molecule has 0 bridgehead atoms. The van der Waals surface area contributed by atoms with Gasteiger partial charge in [0.1, 0.15) is 0 Å². The third-order valence-electron chi connectivity index (χ3n) is 4.91. The molecule has 1 aliphatic rings. The van der Waals surface area contributed by atoms with E-state index in [9.17, 15) is 0 Å². The average molecular weight is 490 g/mol. The van der Waals surface area contributed by atoms with E-state index in [1.165, 1.54) is 38.9 Å². The van der Waals surface area contributed by atoms with Crippen LogP contribution in [0.2, 0.25) is 0 Å². The number of nitrogens with zero attached hydrogens (tertiary/aromatic N) is 2. The molecule has 0 unspecified atom stereocenters. The lowest BCUT2D eigenvalue weighted by Crippen LogP contribution is -2.36. The molecule has 154 valence electrons. The number of likely N-dealkylation sites (tertiary alicyclic amines) is 1. The van der Waals surface area contributed by atoms with Gasteiger partial charge in [-0.3, -0.25) is 4.99 Å². The zero-order valence-corrected chi connectivity index (χ0v) is 19.4. The number of aliphatic imine (C=N–C) groups is 1. The molecular formula is C20H35IN4O2. The number of guanidine groups is 1. The highest BCUT2D eigenvalue weighted by Gasteiger charge is 2.18. The molecule has 0 aliphatic carbocycles. The fraction of sp³-hybridized carbons (Fsp3) is 0.650. The van der Waals surface area contributed by atoms with Crippen LogP contribution in [0.1, 0.15) is 33.1 Å². The fourth-order valence-electron chi connectivity index (χ4n) is 3.16. The van der Waals surface area contributed by atoms with Crippen LogP contribution < -0.4 is 20.5 Å². The van der Waals surface area contributed by atoms with Gasteiger partial charge in [-0.2, -0.15) is 0 Å². The van der Waals surface area contributed by atoms with Crippen molar-refractivity contribution in [2.75, 3.05) is 45.7 Å². The number of piperidine rings is 1. The van der Waals surface area contributed by atoms with Crippen LogP contribution in [0.3, 0.4) is 0 Å². The summed E-state index contributed by atoms with van der Waals surface area (Å²) in [6.45, 7) is 8.93. The standard InChI is InChI=1S/C20H34N4O2.HI/c1-15(2)7-10-24-11-8-16(9-12-24)14-22-20(21)23-17-5-6-18(25-3)19(13-17)26-4;/h5-6,13,15-16H,7-12,14H2,1-4H3,(H3,21,22,23);1H. The minimum atomic E-state index is 0. The summed E-state index contributed by atoms with van der Waals surface area (Å²) < 4.78 is 10.6. The van der Waals surface area contributed by atoms with E-state index < -0.39 is 0 Å². The van der Waals surface area contributed by atoms with Crippen molar-refractivity contribution in [2.45, 2.75) is 33.1 Å². The monoisotopic (exact) mass is 490 g/mol. The normalized spacial score (nSPS) is 16.1. The van der Waals surface area contributed by atoms with Crippen LogP contribution in [0, 0.1) is 11.8 Å². The summed E-state index contributed by atoms with van der Waals surface area (Å²) in [7, 11) is 3.24. The maximum Gasteiger partial charge on any atom is 0.193 e.